The van der Waals surface area contributed by atoms with Gasteiger partial charge in [-0.3, -0.25) is 0 Å². The van der Waals surface area contributed by atoms with Gasteiger partial charge in [-0.15, -0.1) is 5.10 Å². The number of hydrogen-bond acceptors (Lipinski definition) is 2. The molecule has 0 fully saturated rings. The number of nitrogens with one attached hydrogen (secondary N) is 1. The van der Waals surface area contributed by atoms with Gasteiger partial charge in [0, 0.05) is 11.6 Å². The van der Waals surface area contributed by atoms with E-state index in [1.807, 2.05) is 0 Å². The number of H-pyrrole nitrogens is 1. The Morgan fingerprint density at radius 2 is 2.19 bits per heavy atom. The molecule has 3 heteroatoms. The molecule has 0 saturated carbocycles. The first-order valence-corrected chi connectivity index (χ1v) is 6.00. The largest absolute Gasteiger partial charge is 0.344 e. The summed E-state index contributed by atoms with van der Waals surface area (Å²) in [5.41, 5.74) is 2.52. The molecule has 0 bridgehead atoms. The van der Waals surface area contributed by atoms with Crippen LogP contribution in [-0.4, -0.2) is 15.2 Å². The number of rotatable bonds is 4. The summed E-state index contributed by atoms with van der Waals surface area (Å²) < 4.78 is 0. The van der Waals surface area contributed by atoms with Crippen molar-refractivity contribution in [1.29, 1.82) is 0 Å². The third-order valence-corrected chi connectivity index (χ3v) is 3.60. The molecule has 3 nitrogen and oxygen atoms in total. The number of hydrogen-bond donors (Lipinski definition) is 1. The van der Waals surface area contributed by atoms with Crippen LogP contribution in [-0.2, 0) is 5.41 Å². The molecular formula is C13H19N3. The van der Waals surface area contributed by atoms with Crippen molar-refractivity contribution in [3.8, 4) is 0 Å². The number of fused-ring (bicyclic) bond motifs is 1. The van der Waals surface area contributed by atoms with Crippen LogP contribution in [0, 0.1) is 0 Å². The van der Waals surface area contributed by atoms with Gasteiger partial charge in [-0.1, -0.05) is 27.2 Å². The topological polar surface area (TPSA) is 41.6 Å². The van der Waals surface area contributed by atoms with Crippen LogP contribution in [0.25, 0.3) is 11.0 Å². The molecule has 2 heterocycles. The second kappa shape index (κ2) is 4.24. The van der Waals surface area contributed by atoms with Crippen molar-refractivity contribution in [2.24, 2.45) is 0 Å². The lowest BCUT2D eigenvalue weighted by molar-refractivity contribution is 0.417. The first kappa shape index (κ1) is 11.1. The van der Waals surface area contributed by atoms with E-state index in [9.17, 15) is 0 Å². The Morgan fingerprint density at radius 1 is 1.38 bits per heavy atom. The highest BCUT2D eigenvalue weighted by atomic mass is 15.1. The molecule has 2 aromatic heterocycles. The van der Waals surface area contributed by atoms with Crippen LogP contribution in [0.3, 0.4) is 0 Å². The minimum Gasteiger partial charge on any atom is -0.344 e. The lowest BCUT2D eigenvalue weighted by Gasteiger charge is -2.27. The second-order valence-electron chi connectivity index (χ2n) is 4.66. The lowest BCUT2D eigenvalue weighted by atomic mass is 9.77. The van der Waals surface area contributed by atoms with Crippen molar-refractivity contribution in [3.63, 3.8) is 0 Å². The maximum Gasteiger partial charge on any atom is 0.160 e. The molecule has 0 aliphatic heterocycles. The van der Waals surface area contributed by atoms with Gasteiger partial charge in [-0.25, -0.2) is 0 Å². The lowest BCUT2D eigenvalue weighted by Crippen LogP contribution is -2.20. The zero-order chi connectivity index (χ0) is 11.6. The summed E-state index contributed by atoms with van der Waals surface area (Å²) in [7, 11) is 0. The van der Waals surface area contributed by atoms with Gasteiger partial charge >= 0.3 is 0 Å². The summed E-state index contributed by atoms with van der Waals surface area (Å²) in [6.45, 7) is 6.82. The van der Waals surface area contributed by atoms with E-state index in [0.29, 0.717) is 0 Å². The van der Waals surface area contributed by atoms with Crippen LogP contribution in [0.5, 0.6) is 0 Å². The van der Waals surface area contributed by atoms with E-state index < -0.39 is 0 Å². The van der Waals surface area contributed by atoms with E-state index in [4.69, 9.17) is 0 Å². The van der Waals surface area contributed by atoms with Crippen LogP contribution in [0.2, 0.25) is 0 Å². The smallest absolute Gasteiger partial charge is 0.160 e. The molecule has 2 aromatic rings. The number of aromatic nitrogens is 3. The molecule has 0 amide bonds. The van der Waals surface area contributed by atoms with Crippen molar-refractivity contribution < 1.29 is 0 Å². The first-order valence-electron chi connectivity index (χ1n) is 6.00. The zero-order valence-corrected chi connectivity index (χ0v) is 10.2. The molecule has 0 aliphatic rings. The van der Waals surface area contributed by atoms with Gasteiger partial charge in [0.15, 0.2) is 5.65 Å². The SMILES string of the molecule is CCCC(C)(CC)c1c[nH]c2nnccc12. The zero-order valence-electron chi connectivity index (χ0n) is 10.2. The van der Waals surface area contributed by atoms with E-state index in [1.54, 1.807) is 6.20 Å². The van der Waals surface area contributed by atoms with Crippen LogP contribution >= 0.6 is 0 Å². The minimum atomic E-state index is 0.246. The molecule has 1 N–H and O–H groups in total. The Hall–Kier alpha value is -1.38. The van der Waals surface area contributed by atoms with E-state index in [0.717, 1.165) is 12.1 Å². The van der Waals surface area contributed by atoms with Gasteiger partial charge in [-0.2, -0.15) is 5.10 Å². The highest BCUT2D eigenvalue weighted by molar-refractivity contribution is 5.80. The van der Waals surface area contributed by atoms with Gasteiger partial charge in [0.2, 0.25) is 0 Å². The minimum absolute atomic E-state index is 0.246. The van der Waals surface area contributed by atoms with Crippen molar-refractivity contribution >= 4 is 11.0 Å². The van der Waals surface area contributed by atoms with Crippen molar-refractivity contribution in [2.75, 3.05) is 0 Å². The molecule has 0 aliphatic carbocycles. The Morgan fingerprint density at radius 3 is 2.88 bits per heavy atom. The third kappa shape index (κ3) is 1.70. The molecule has 0 radical (unpaired) electrons. The molecule has 16 heavy (non-hydrogen) atoms. The molecule has 1 atom stereocenters. The number of nitrogens with zero attached hydrogens (tertiary/aromatic N) is 2. The molecule has 0 spiro atoms. The monoisotopic (exact) mass is 217 g/mol. The van der Waals surface area contributed by atoms with E-state index in [1.165, 1.54) is 23.8 Å². The predicted octanol–water partition coefficient (Wildman–Crippen LogP) is 3.43. The average molecular weight is 217 g/mol. The van der Waals surface area contributed by atoms with Crippen molar-refractivity contribution in [1.82, 2.24) is 15.2 Å². The molecule has 86 valence electrons. The quantitative estimate of drug-likeness (QED) is 0.852. The second-order valence-corrected chi connectivity index (χ2v) is 4.66. The Bertz CT molecular complexity index is 475. The summed E-state index contributed by atoms with van der Waals surface area (Å²) in [6, 6.07) is 2.05. The summed E-state index contributed by atoms with van der Waals surface area (Å²) in [5, 5.41) is 9.22. The van der Waals surface area contributed by atoms with Gasteiger partial charge in [-0.05, 0) is 29.9 Å². The Labute approximate surface area is 96.3 Å². The van der Waals surface area contributed by atoms with E-state index in [2.05, 4.69) is 48.2 Å². The Kier molecular flexibility index (Phi) is 2.95. The van der Waals surface area contributed by atoms with Gasteiger partial charge in [0.25, 0.3) is 0 Å². The molecule has 1 unspecified atom stereocenters. The molecule has 2 rings (SSSR count). The van der Waals surface area contributed by atoms with E-state index >= 15 is 0 Å². The highest BCUT2D eigenvalue weighted by Gasteiger charge is 2.26. The van der Waals surface area contributed by atoms with Crippen LogP contribution in [0.4, 0.5) is 0 Å². The fourth-order valence-corrected chi connectivity index (χ4v) is 2.43. The first-order chi connectivity index (χ1) is 7.71. The Balaban J connectivity index is 2.53. The number of aromatic amines is 1. The van der Waals surface area contributed by atoms with Gasteiger partial charge in [0.1, 0.15) is 0 Å². The van der Waals surface area contributed by atoms with Crippen LogP contribution in [0.15, 0.2) is 18.5 Å². The van der Waals surface area contributed by atoms with Crippen LogP contribution < -0.4 is 0 Å². The van der Waals surface area contributed by atoms with Crippen molar-refractivity contribution in [3.05, 3.63) is 24.0 Å². The summed E-state index contributed by atoms with van der Waals surface area (Å²) in [6.07, 6.45) is 7.42. The molecule has 0 aromatic carbocycles. The standard InChI is InChI=1S/C13H19N3/c1-4-7-13(3,5-2)11-9-14-12-10(11)6-8-15-16-12/h6,8-9H,4-5,7H2,1-3H3,(H,14,16). The average Bonchev–Trinajstić information content (AvgIpc) is 2.73. The van der Waals surface area contributed by atoms with Crippen LogP contribution in [0.1, 0.15) is 45.6 Å². The maximum absolute atomic E-state index is 4.10. The fraction of sp³-hybridized carbons (Fsp3) is 0.538. The van der Waals surface area contributed by atoms with Gasteiger partial charge in [0.05, 0.1) is 6.20 Å². The predicted molar refractivity (Wildman–Crippen MR) is 66.4 cm³/mol. The normalized spacial score (nSPS) is 15.2. The van der Waals surface area contributed by atoms with Crippen molar-refractivity contribution in [2.45, 2.75) is 45.4 Å². The fourth-order valence-electron chi connectivity index (χ4n) is 2.43. The molecule has 0 saturated heterocycles. The summed E-state index contributed by atoms with van der Waals surface area (Å²) in [4.78, 5) is 3.21. The summed E-state index contributed by atoms with van der Waals surface area (Å²) in [5.74, 6) is 0. The molecular weight excluding hydrogens is 198 g/mol. The van der Waals surface area contributed by atoms with E-state index in [-0.39, 0.29) is 5.41 Å². The van der Waals surface area contributed by atoms with Gasteiger partial charge < -0.3 is 4.98 Å². The maximum atomic E-state index is 4.10. The third-order valence-electron chi connectivity index (χ3n) is 3.60. The summed E-state index contributed by atoms with van der Waals surface area (Å²) >= 11 is 0. The highest BCUT2D eigenvalue weighted by Crippen LogP contribution is 2.36.